The van der Waals surface area contributed by atoms with Crippen LogP contribution in [0.1, 0.15) is 18.4 Å². The number of nitrogens with one attached hydrogen (secondary N) is 1. The Morgan fingerprint density at radius 2 is 2.41 bits per heavy atom. The lowest BCUT2D eigenvalue weighted by molar-refractivity contribution is 0.0350. The number of rotatable bonds is 3. The molecule has 1 fully saturated rings. The third-order valence-corrected chi connectivity index (χ3v) is 3.55. The summed E-state index contributed by atoms with van der Waals surface area (Å²) in [7, 11) is 0. The van der Waals surface area contributed by atoms with Crippen molar-refractivity contribution in [2.45, 2.75) is 19.3 Å². The van der Waals surface area contributed by atoms with Crippen molar-refractivity contribution < 1.29 is 9.47 Å². The molecule has 0 saturated carbocycles. The molecule has 1 unspecified atom stereocenters. The molecule has 0 spiro atoms. The van der Waals surface area contributed by atoms with Gasteiger partial charge in [-0.15, -0.1) is 0 Å². The van der Waals surface area contributed by atoms with Gasteiger partial charge in [-0.25, -0.2) is 0 Å². The Balaban J connectivity index is 1.63. The van der Waals surface area contributed by atoms with Crippen molar-refractivity contribution in [1.82, 2.24) is 0 Å². The van der Waals surface area contributed by atoms with E-state index < -0.39 is 0 Å². The fraction of sp³-hybridized carbons (Fsp3) is 0.571. The fourth-order valence-corrected chi connectivity index (χ4v) is 2.59. The van der Waals surface area contributed by atoms with Crippen LogP contribution < -0.4 is 10.1 Å². The normalized spacial score (nSPS) is 22.9. The lowest BCUT2D eigenvalue weighted by Gasteiger charge is -2.22. The van der Waals surface area contributed by atoms with Gasteiger partial charge < -0.3 is 14.8 Å². The number of ether oxygens (including phenoxy) is 2. The highest BCUT2D eigenvalue weighted by Crippen LogP contribution is 2.31. The minimum Gasteiger partial charge on any atom is -0.493 e. The van der Waals surface area contributed by atoms with Gasteiger partial charge in [-0.2, -0.15) is 0 Å². The fourth-order valence-electron chi connectivity index (χ4n) is 2.59. The number of hydrogen-bond donors (Lipinski definition) is 1. The van der Waals surface area contributed by atoms with Crippen molar-refractivity contribution in [2.75, 3.05) is 31.7 Å². The molecule has 2 heterocycles. The second kappa shape index (κ2) is 4.96. The van der Waals surface area contributed by atoms with Crippen molar-refractivity contribution in [2.24, 2.45) is 5.92 Å². The second-order valence-electron chi connectivity index (χ2n) is 4.85. The number of hydrogen-bond acceptors (Lipinski definition) is 3. The van der Waals surface area contributed by atoms with Crippen LogP contribution in [0.15, 0.2) is 18.2 Å². The average Bonchev–Trinajstić information content (AvgIpc) is 2.86. The molecule has 17 heavy (non-hydrogen) atoms. The van der Waals surface area contributed by atoms with E-state index >= 15 is 0 Å². The molecule has 0 bridgehead atoms. The monoisotopic (exact) mass is 233 g/mol. The van der Waals surface area contributed by atoms with E-state index in [2.05, 4.69) is 23.5 Å². The Labute approximate surface area is 102 Å². The summed E-state index contributed by atoms with van der Waals surface area (Å²) in [4.78, 5) is 0. The minimum absolute atomic E-state index is 0.564. The number of anilines is 1. The van der Waals surface area contributed by atoms with Crippen LogP contribution >= 0.6 is 0 Å². The molecule has 0 radical (unpaired) electrons. The standard InChI is InChI=1S/C14H19NO2/c1-4-13-12(6-7-15-13)14(5-1)17-10-11-3-2-8-16-9-11/h1,4-5,11,15H,2-3,6-10H2. The molecule has 3 rings (SSSR count). The third kappa shape index (κ3) is 2.39. The van der Waals surface area contributed by atoms with Gasteiger partial charge in [-0.1, -0.05) is 6.07 Å². The molecule has 2 aliphatic rings. The van der Waals surface area contributed by atoms with Gasteiger partial charge in [0.15, 0.2) is 0 Å². The lowest BCUT2D eigenvalue weighted by atomic mass is 10.0. The van der Waals surface area contributed by atoms with E-state index in [4.69, 9.17) is 9.47 Å². The van der Waals surface area contributed by atoms with Crippen LogP contribution in [0.25, 0.3) is 0 Å². The summed E-state index contributed by atoms with van der Waals surface area (Å²) < 4.78 is 11.4. The summed E-state index contributed by atoms with van der Waals surface area (Å²) >= 11 is 0. The summed E-state index contributed by atoms with van der Waals surface area (Å²) in [5.41, 5.74) is 2.58. The maximum atomic E-state index is 5.97. The van der Waals surface area contributed by atoms with E-state index in [-0.39, 0.29) is 0 Å². The first kappa shape index (κ1) is 10.9. The molecule has 3 nitrogen and oxygen atoms in total. The zero-order valence-electron chi connectivity index (χ0n) is 10.1. The van der Waals surface area contributed by atoms with Crippen LogP contribution in [0.5, 0.6) is 5.75 Å². The first-order valence-corrected chi connectivity index (χ1v) is 6.50. The van der Waals surface area contributed by atoms with Gasteiger partial charge in [0.25, 0.3) is 0 Å². The largest absolute Gasteiger partial charge is 0.493 e. The molecular weight excluding hydrogens is 214 g/mol. The van der Waals surface area contributed by atoms with Crippen LogP contribution in [0.2, 0.25) is 0 Å². The predicted molar refractivity (Wildman–Crippen MR) is 67.7 cm³/mol. The lowest BCUT2D eigenvalue weighted by Crippen LogP contribution is -2.23. The smallest absolute Gasteiger partial charge is 0.124 e. The van der Waals surface area contributed by atoms with Gasteiger partial charge >= 0.3 is 0 Å². The third-order valence-electron chi connectivity index (χ3n) is 3.55. The van der Waals surface area contributed by atoms with E-state index in [9.17, 15) is 0 Å². The molecule has 1 aromatic carbocycles. The van der Waals surface area contributed by atoms with Crippen molar-refractivity contribution in [3.8, 4) is 5.75 Å². The zero-order chi connectivity index (χ0) is 11.5. The summed E-state index contributed by atoms with van der Waals surface area (Å²) in [6, 6.07) is 6.26. The highest BCUT2D eigenvalue weighted by atomic mass is 16.5. The van der Waals surface area contributed by atoms with Crippen LogP contribution in [0, 0.1) is 5.92 Å². The van der Waals surface area contributed by atoms with Crippen molar-refractivity contribution in [3.05, 3.63) is 23.8 Å². The maximum Gasteiger partial charge on any atom is 0.124 e. The molecule has 0 aromatic heterocycles. The van der Waals surface area contributed by atoms with E-state index in [0.29, 0.717) is 5.92 Å². The topological polar surface area (TPSA) is 30.5 Å². The maximum absolute atomic E-state index is 5.97. The van der Waals surface area contributed by atoms with Crippen molar-refractivity contribution >= 4 is 5.69 Å². The summed E-state index contributed by atoms with van der Waals surface area (Å²) in [6.45, 7) is 3.59. The molecule has 3 heteroatoms. The van der Waals surface area contributed by atoms with Crippen LogP contribution in [-0.2, 0) is 11.2 Å². The second-order valence-corrected chi connectivity index (χ2v) is 4.85. The predicted octanol–water partition coefficient (Wildman–Crippen LogP) is 2.46. The molecule has 92 valence electrons. The first-order valence-electron chi connectivity index (χ1n) is 6.50. The van der Waals surface area contributed by atoms with Gasteiger partial charge in [-0.3, -0.25) is 0 Å². The van der Waals surface area contributed by atoms with E-state index in [1.807, 2.05) is 0 Å². The first-order chi connectivity index (χ1) is 8.43. The van der Waals surface area contributed by atoms with Crippen molar-refractivity contribution in [3.63, 3.8) is 0 Å². The summed E-state index contributed by atoms with van der Waals surface area (Å²) in [5.74, 6) is 1.62. The van der Waals surface area contributed by atoms with E-state index in [1.165, 1.54) is 24.1 Å². The minimum atomic E-state index is 0.564. The van der Waals surface area contributed by atoms with E-state index in [0.717, 1.165) is 38.5 Å². The van der Waals surface area contributed by atoms with Gasteiger partial charge in [0, 0.05) is 30.3 Å². The molecule has 2 aliphatic heterocycles. The molecule has 1 saturated heterocycles. The molecular formula is C14H19NO2. The average molecular weight is 233 g/mol. The van der Waals surface area contributed by atoms with Gasteiger partial charge in [0.2, 0.25) is 0 Å². The molecule has 1 N–H and O–H groups in total. The number of benzene rings is 1. The van der Waals surface area contributed by atoms with Crippen LogP contribution in [0.3, 0.4) is 0 Å². The Hall–Kier alpha value is -1.22. The highest BCUT2D eigenvalue weighted by Gasteiger charge is 2.18. The van der Waals surface area contributed by atoms with E-state index in [1.54, 1.807) is 0 Å². The van der Waals surface area contributed by atoms with Gasteiger partial charge in [0.05, 0.1) is 13.2 Å². The summed E-state index contributed by atoms with van der Waals surface area (Å²) in [6.07, 6.45) is 3.47. The molecule has 1 aromatic rings. The molecule has 0 aliphatic carbocycles. The SMILES string of the molecule is c1cc2c(c(OCC3CCCOC3)c1)CCN2. The van der Waals surface area contributed by atoms with Gasteiger partial charge in [0.1, 0.15) is 5.75 Å². The Kier molecular flexibility index (Phi) is 3.18. The Bertz CT molecular complexity index is 386. The molecule has 0 amide bonds. The quantitative estimate of drug-likeness (QED) is 0.870. The molecule has 1 atom stereocenters. The Morgan fingerprint density at radius 1 is 1.41 bits per heavy atom. The zero-order valence-corrected chi connectivity index (χ0v) is 10.1. The van der Waals surface area contributed by atoms with Crippen LogP contribution in [0.4, 0.5) is 5.69 Å². The van der Waals surface area contributed by atoms with Crippen LogP contribution in [-0.4, -0.2) is 26.4 Å². The number of fused-ring (bicyclic) bond motifs is 1. The Morgan fingerprint density at radius 3 is 3.29 bits per heavy atom. The van der Waals surface area contributed by atoms with Crippen molar-refractivity contribution in [1.29, 1.82) is 0 Å². The highest BCUT2D eigenvalue weighted by molar-refractivity contribution is 5.61. The summed E-state index contributed by atoms with van der Waals surface area (Å²) in [5, 5.41) is 3.37. The van der Waals surface area contributed by atoms with Gasteiger partial charge in [-0.05, 0) is 31.4 Å².